The molecule has 0 aliphatic carbocycles. The predicted octanol–water partition coefficient (Wildman–Crippen LogP) is 1.76. The number of pyridine rings is 1. The second-order valence-electron chi connectivity index (χ2n) is 7.97. The van der Waals surface area contributed by atoms with Crippen molar-refractivity contribution in [3.8, 4) is 0 Å². The van der Waals surface area contributed by atoms with Crippen molar-refractivity contribution in [2.45, 2.75) is 37.6 Å². The van der Waals surface area contributed by atoms with E-state index in [1.54, 1.807) is 24.7 Å². The Kier molecular flexibility index (Phi) is 5.79. The van der Waals surface area contributed by atoms with E-state index in [1.165, 1.54) is 10.5 Å². The lowest BCUT2D eigenvalue weighted by atomic mass is 9.97. The van der Waals surface area contributed by atoms with Crippen LogP contribution in [0.5, 0.6) is 0 Å². The standard InChI is InChI=1S/C20H28N6O3S/c1-15-22-18(14-24(15)2)30(28,29)26-12-7-16(8-13-26)20(27)23-17-6-5-9-21-19(17)25-10-3-4-11-25/h5-6,9,14,16H,3-4,7-8,10-13H2,1-2H3,(H,23,27). The van der Waals surface area contributed by atoms with Gasteiger partial charge >= 0.3 is 0 Å². The van der Waals surface area contributed by atoms with Crippen LogP contribution in [-0.4, -0.2) is 59.3 Å². The maximum absolute atomic E-state index is 12.9. The second-order valence-corrected chi connectivity index (χ2v) is 9.86. The molecule has 2 aliphatic rings. The third-order valence-corrected chi connectivity index (χ3v) is 7.74. The van der Waals surface area contributed by atoms with Gasteiger partial charge in [-0.2, -0.15) is 4.31 Å². The molecule has 0 radical (unpaired) electrons. The first-order valence-corrected chi connectivity index (χ1v) is 11.8. The molecule has 2 fully saturated rings. The number of imidazole rings is 1. The number of anilines is 2. The number of carbonyl (C=O) groups excluding carboxylic acids is 1. The Bertz CT molecular complexity index is 1000. The van der Waals surface area contributed by atoms with Crippen LogP contribution < -0.4 is 10.2 Å². The number of piperidine rings is 1. The molecule has 2 aromatic rings. The lowest BCUT2D eigenvalue weighted by Crippen LogP contribution is -2.41. The molecule has 4 heterocycles. The predicted molar refractivity (Wildman–Crippen MR) is 114 cm³/mol. The summed E-state index contributed by atoms with van der Waals surface area (Å²) in [7, 11) is -1.87. The third kappa shape index (κ3) is 4.06. The molecule has 2 aromatic heterocycles. The van der Waals surface area contributed by atoms with Gasteiger partial charge in [0.05, 0.1) is 5.69 Å². The number of carbonyl (C=O) groups is 1. The van der Waals surface area contributed by atoms with Gasteiger partial charge in [0.2, 0.25) is 5.91 Å². The highest BCUT2D eigenvalue weighted by molar-refractivity contribution is 7.89. The van der Waals surface area contributed by atoms with Crippen molar-refractivity contribution in [3.63, 3.8) is 0 Å². The van der Waals surface area contributed by atoms with Crippen LogP contribution in [0.25, 0.3) is 0 Å². The van der Waals surface area contributed by atoms with Gasteiger partial charge in [-0.1, -0.05) is 0 Å². The molecule has 2 saturated heterocycles. The van der Waals surface area contributed by atoms with Crippen LogP contribution in [0.3, 0.4) is 0 Å². The summed E-state index contributed by atoms with van der Waals surface area (Å²) in [5.41, 5.74) is 0.725. The zero-order valence-electron chi connectivity index (χ0n) is 17.4. The van der Waals surface area contributed by atoms with Gasteiger partial charge in [-0.3, -0.25) is 4.79 Å². The van der Waals surface area contributed by atoms with Crippen LogP contribution in [0, 0.1) is 12.8 Å². The van der Waals surface area contributed by atoms with Gasteiger partial charge in [0, 0.05) is 51.5 Å². The Hall–Kier alpha value is -2.46. The van der Waals surface area contributed by atoms with Crippen molar-refractivity contribution in [1.82, 2.24) is 18.8 Å². The first kappa shape index (κ1) is 20.8. The van der Waals surface area contributed by atoms with Gasteiger partial charge in [-0.15, -0.1) is 0 Å². The number of aryl methyl sites for hydroxylation is 2. The summed E-state index contributed by atoms with van der Waals surface area (Å²) in [5.74, 6) is 1.16. The minimum absolute atomic E-state index is 0.0658. The normalized spacial score (nSPS) is 18.7. The van der Waals surface area contributed by atoms with Crippen LogP contribution in [0.4, 0.5) is 11.5 Å². The maximum atomic E-state index is 12.9. The smallest absolute Gasteiger partial charge is 0.262 e. The molecule has 0 bridgehead atoms. The van der Waals surface area contributed by atoms with Crippen LogP contribution in [0.15, 0.2) is 29.6 Å². The topological polar surface area (TPSA) is 100 Å². The molecule has 4 rings (SSSR count). The van der Waals surface area contributed by atoms with E-state index in [2.05, 4.69) is 20.2 Å². The first-order chi connectivity index (χ1) is 14.4. The van der Waals surface area contributed by atoms with Crippen LogP contribution in [0.1, 0.15) is 31.5 Å². The van der Waals surface area contributed by atoms with E-state index in [9.17, 15) is 13.2 Å². The van der Waals surface area contributed by atoms with Crippen molar-refractivity contribution in [2.75, 3.05) is 36.4 Å². The number of nitrogens with one attached hydrogen (secondary N) is 1. The quantitative estimate of drug-likeness (QED) is 0.773. The van der Waals surface area contributed by atoms with E-state index in [0.717, 1.165) is 37.4 Å². The lowest BCUT2D eigenvalue weighted by Gasteiger charge is -2.30. The highest BCUT2D eigenvalue weighted by atomic mass is 32.2. The van der Waals surface area contributed by atoms with E-state index in [4.69, 9.17) is 0 Å². The number of nitrogens with zero attached hydrogens (tertiary/aromatic N) is 5. The number of rotatable bonds is 5. The molecule has 1 N–H and O–H groups in total. The monoisotopic (exact) mass is 432 g/mol. The Labute approximate surface area is 177 Å². The molecule has 10 heteroatoms. The molecule has 2 aliphatic heterocycles. The largest absolute Gasteiger partial charge is 0.355 e. The van der Waals surface area contributed by atoms with Crippen molar-refractivity contribution in [1.29, 1.82) is 0 Å². The summed E-state index contributed by atoms with van der Waals surface area (Å²) >= 11 is 0. The highest BCUT2D eigenvalue weighted by Gasteiger charge is 2.34. The molecule has 0 saturated carbocycles. The Morgan fingerprint density at radius 3 is 2.50 bits per heavy atom. The summed E-state index contributed by atoms with van der Waals surface area (Å²) in [6.45, 7) is 4.28. The summed E-state index contributed by atoms with van der Waals surface area (Å²) < 4.78 is 28.8. The van der Waals surface area contributed by atoms with Gasteiger partial charge < -0.3 is 14.8 Å². The van der Waals surface area contributed by atoms with E-state index < -0.39 is 10.0 Å². The molecule has 0 atom stereocenters. The average molecular weight is 433 g/mol. The molecular weight excluding hydrogens is 404 g/mol. The third-order valence-electron chi connectivity index (χ3n) is 5.97. The van der Waals surface area contributed by atoms with Crippen molar-refractivity contribution in [3.05, 3.63) is 30.4 Å². The molecular formula is C20H28N6O3S. The molecule has 0 unspecified atom stereocenters. The lowest BCUT2D eigenvalue weighted by molar-refractivity contribution is -0.120. The zero-order chi connectivity index (χ0) is 21.3. The van der Waals surface area contributed by atoms with Gasteiger partial charge in [-0.25, -0.2) is 18.4 Å². The maximum Gasteiger partial charge on any atom is 0.262 e. The number of hydrogen-bond donors (Lipinski definition) is 1. The molecule has 0 spiro atoms. The summed E-state index contributed by atoms with van der Waals surface area (Å²) in [6, 6.07) is 3.70. The zero-order valence-corrected chi connectivity index (χ0v) is 18.2. The SMILES string of the molecule is Cc1nc(S(=O)(=O)N2CCC(C(=O)Nc3cccnc3N3CCCC3)CC2)cn1C. The summed E-state index contributed by atoms with van der Waals surface area (Å²) in [6.07, 6.45) is 6.50. The van der Waals surface area contributed by atoms with E-state index in [-0.39, 0.29) is 16.9 Å². The molecule has 0 aromatic carbocycles. The molecule has 30 heavy (non-hydrogen) atoms. The Morgan fingerprint density at radius 1 is 1.17 bits per heavy atom. The number of amides is 1. The van der Waals surface area contributed by atoms with Gasteiger partial charge in [0.25, 0.3) is 10.0 Å². The molecule has 162 valence electrons. The number of aromatic nitrogens is 3. The second kappa shape index (κ2) is 8.35. The first-order valence-electron chi connectivity index (χ1n) is 10.4. The summed E-state index contributed by atoms with van der Waals surface area (Å²) in [5, 5.41) is 3.09. The van der Waals surface area contributed by atoms with Gasteiger partial charge in [0.15, 0.2) is 10.8 Å². The van der Waals surface area contributed by atoms with Gasteiger partial charge in [0.1, 0.15) is 5.82 Å². The van der Waals surface area contributed by atoms with E-state index >= 15 is 0 Å². The highest BCUT2D eigenvalue weighted by Crippen LogP contribution is 2.29. The van der Waals surface area contributed by atoms with Crippen molar-refractivity contribution in [2.24, 2.45) is 13.0 Å². The van der Waals surface area contributed by atoms with Gasteiger partial charge in [-0.05, 0) is 44.7 Å². The van der Waals surface area contributed by atoms with Crippen molar-refractivity contribution >= 4 is 27.4 Å². The Balaban J connectivity index is 1.39. The number of sulfonamides is 1. The minimum Gasteiger partial charge on any atom is -0.355 e. The van der Waals surface area contributed by atoms with Crippen LogP contribution in [0.2, 0.25) is 0 Å². The van der Waals surface area contributed by atoms with Crippen LogP contribution in [-0.2, 0) is 21.9 Å². The molecule has 9 nitrogen and oxygen atoms in total. The average Bonchev–Trinajstić information content (AvgIpc) is 3.39. The fourth-order valence-electron chi connectivity index (χ4n) is 4.05. The summed E-state index contributed by atoms with van der Waals surface area (Å²) in [4.78, 5) is 23.7. The van der Waals surface area contributed by atoms with E-state index in [0.29, 0.717) is 31.8 Å². The molecule has 1 amide bonds. The minimum atomic E-state index is -3.64. The van der Waals surface area contributed by atoms with Crippen LogP contribution >= 0.6 is 0 Å². The fourth-order valence-corrected chi connectivity index (χ4v) is 5.55. The van der Waals surface area contributed by atoms with E-state index in [1.807, 2.05) is 12.1 Å². The fraction of sp³-hybridized carbons (Fsp3) is 0.550. The van der Waals surface area contributed by atoms with Crippen molar-refractivity contribution < 1.29 is 13.2 Å². The number of hydrogen-bond acceptors (Lipinski definition) is 6. The Morgan fingerprint density at radius 2 is 1.87 bits per heavy atom.